The minimum atomic E-state index is 0.126. The number of carbonyl (C=O) groups is 1. The maximum Gasteiger partial charge on any atom is 0.256 e. The molecule has 4 nitrogen and oxygen atoms in total. The number of rotatable bonds is 3. The molecule has 4 aromatic rings. The summed E-state index contributed by atoms with van der Waals surface area (Å²) in [5.41, 5.74) is 4.69. The van der Waals surface area contributed by atoms with Gasteiger partial charge in [-0.3, -0.25) is 4.79 Å². The second-order valence-corrected chi connectivity index (χ2v) is 7.66. The predicted molar refractivity (Wildman–Crippen MR) is 109 cm³/mol. The van der Waals surface area contributed by atoms with Crippen molar-refractivity contribution in [2.45, 2.75) is 12.8 Å². The van der Waals surface area contributed by atoms with Crippen LogP contribution in [0, 0.1) is 0 Å². The van der Waals surface area contributed by atoms with E-state index in [1.807, 2.05) is 53.6 Å². The molecule has 0 spiro atoms. The van der Waals surface area contributed by atoms with E-state index in [0.29, 0.717) is 0 Å². The minimum absolute atomic E-state index is 0.126. The van der Waals surface area contributed by atoms with E-state index < -0.39 is 0 Å². The number of amides is 1. The highest BCUT2D eigenvalue weighted by atomic mass is 32.1. The van der Waals surface area contributed by atoms with Gasteiger partial charge in [0, 0.05) is 30.2 Å². The second kappa shape index (κ2) is 6.67. The Kier molecular flexibility index (Phi) is 4.02. The zero-order chi connectivity index (χ0) is 18.2. The molecule has 0 N–H and O–H groups in total. The first-order valence-electron chi connectivity index (χ1n) is 9.22. The Hall–Kier alpha value is -2.92. The van der Waals surface area contributed by atoms with Crippen molar-refractivity contribution in [1.82, 2.24) is 14.3 Å². The number of fused-ring (bicyclic) bond motifs is 1. The van der Waals surface area contributed by atoms with E-state index in [-0.39, 0.29) is 5.91 Å². The number of hydrogen-bond acceptors (Lipinski definition) is 3. The molecule has 1 aliphatic rings. The van der Waals surface area contributed by atoms with Crippen molar-refractivity contribution in [3.05, 3.63) is 71.7 Å². The highest BCUT2D eigenvalue weighted by Crippen LogP contribution is 2.32. The molecule has 5 rings (SSSR count). The van der Waals surface area contributed by atoms with Crippen LogP contribution in [0.2, 0.25) is 0 Å². The molecular formula is C22H19N3OS. The molecule has 0 unspecified atom stereocenters. The number of benzene rings is 1. The molecule has 0 saturated carbocycles. The maximum atomic E-state index is 13.0. The fourth-order valence-electron chi connectivity index (χ4n) is 3.72. The summed E-state index contributed by atoms with van der Waals surface area (Å²) in [7, 11) is 0. The minimum Gasteiger partial charge on any atom is -0.339 e. The van der Waals surface area contributed by atoms with E-state index in [1.165, 1.54) is 0 Å². The SMILES string of the molecule is O=C(c1cc(-c2csc(-c3ccccc3)n2)n2ccccc12)N1CCCC1. The quantitative estimate of drug-likeness (QED) is 0.509. The monoisotopic (exact) mass is 373 g/mol. The highest BCUT2D eigenvalue weighted by Gasteiger charge is 2.24. The number of nitrogens with zero attached hydrogens (tertiary/aromatic N) is 3. The van der Waals surface area contributed by atoms with E-state index in [9.17, 15) is 4.79 Å². The smallest absolute Gasteiger partial charge is 0.256 e. The van der Waals surface area contributed by atoms with Gasteiger partial charge in [0.05, 0.1) is 22.5 Å². The Morgan fingerprint density at radius 3 is 2.59 bits per heavy atom. The number of thiazole rings is 1. The molecule has 27 heavy (non-hydrogen) atoms. The molecule has 0 aliphatic carbocycles. The van der Waals surface area contributed by atoms with E-state index >= 15 is 0 Å². The number of likely N-dealkylation sites (tertiary alicyclic amines) is 1. The summed E-state index contributed by atoms with van der Waals surface area (Å²) < 4.78 is 2.08. The zero-order valence-electron chi connectivity index (χ0n) is 14.8. The van der Waals surface area contributed by atoms with Crippen molar-refractivity contribution in [3.63, 3.8) is 0 Å². The summed E-state index contributed by atoms with van der Waals surface area (Å²) >= 11 is 1.63. The maximum absolute atomic E-state index is 13.0. The molecule has 0 radical (unpaired) electrons. The summed E-state index contributed by atoms with van der Waals surface area (Å²) in [6.45, 7) is 1.71. The van der Waals surface area contributed by atoms with Crippen LogP contribution in [0.5, 0.6) is 0 Å². The lowest BCUT2D eigenvalue weighted by molar-refractivity contribution is 0.0795. The molecule has 134 valence electrons. The average Bonchev–Trinajstić information content (AvgIpc) is 3.47. The molecule has 0 bridgehead atoms. The van der Waals surface area contributed by atoms with Crippen LogP contribution in [-0.4, -0.2) is 33.3 Å². The Morgan fingerprint density at radius 2 is 1.78 bits per heavy atom. The van der Waals surface area contributed by atoms with Gasteiger partial charge in [-0.15, -0.1) is 11.3 Å². The molecular weight excluding hydrogens is 354 g/mol. The molecule has 3 aromatic heterocycles. The summed E-state index contributed by atoms with van der Waals surface area (Å²) in [6.07, 6.45) is 4.20. The van der Waals surface area contributed by atoms with Gasteiger partial charge in [0.2, 0.25) is 0 Å². The molecule has 5 heteroatoms. The summed E-state index contributed by atoms with van der Waals surface area (Å²) in [4.78, 5) is 19.8. The van der Waals surface area contributed by atoms with Crippen LogP contribution < -0.4 is 0 Å². The standard InChI is InChI=1S/C22H19N3OS/c26-22(24-11-6-7-12-24)17-14-20(25-13-5-4-10-19(17)25)18-15-27-21(23-18)16-8-2-1-3-9-16/h1-5,8-10,13-15H,6-7,11-12H2. The zero-order valence-corrected chi connectivity index (χ0v) is 15.7. The Labute approximate surface area is 161 Å². The first-order chi connectivity index (χ1) is 13.3. The topological polar surface area (TPSA) is 37.6 Å². The first kappa shape index (κ1) is 16.3. The molecule has 4 heterocycles. The second-order valence-electron chi connectivity index (χ2n) is 6.80. The number of hydrogen-bond donors (Lipinski definition) is 0. The van der Waals surface area contributed by atoms with Gasteiger partial charge < -0.3 is 9.30 Å². The van der Waals surface area contributed by atoms with Gasteiger partial charge in [0.15, 0.2) is 0 Å². The van der Waals surface area contributed by atoms with Crippen LogP contribution in [0.4, 0.5) is 0 Å². The molecule has 1 fully saturated rings. The number of carbonyl (C=O) groups excluding carboxylic acids is 1. The third kappa shape index (κ3) is 2.84. The lowest BCUT2D eigenvalue weighted by Crippen LogP contribution is -2.27. The largest absolute Gasteiger partial charge is 0.339 e. The van der Waals surface area contributed by atoms with Crippen molar-refractivity contribution in [1.29, 1.82) is 0 Å². The Morgan fingerprint density at radius 1 is 1.00 bits per heavy atom. The number of aromatic nitrogens is 2. The lowest BCUT2D eigenvalue weighted by Gasteiger charge is -2.14. The van der Waals surface area contributed by atoms with E-state index in [4.69, 9.17) is 4.98 Å². The van der Waals surface area contributed by atoms with Crippen molar-refractivity contribution in [2.75, 3.05) is 13.1 Å². The number of pyridine rings is 1. The van der Waals surface area contributed by atoms with Crippen LogP contribution in [-0.2, 0) is 0 Å². The summed E-state index contributed by atoms with van der Waals surface area (Å²) in [5.74, 6) is 0.126. The summed E-state index contributed by atoms with van der Waals surface area (Å²) in [6, 6.07) is 18.2. The normalized spacial score (nSPS) is 14.1. The highest BCUT2D eigenvalue weighted by molar-refractivity contribution is 7.13. The third-order valence-corrected chi connectivity index (χ3v) is 5.98. The van der Waals surface area contributed by atoms with E-state index in [2.05, 4.69) is 21.9 Å². The molecule has 0 atom stereocenters. The van der Waals surface area contributed by atoms with Crippen molar-refractivity contribution < 1.29 is 4.79 Å². The van der Waals surface area contributed by atoms with Crippen LogP contribution >= 0.6 is 11.3 Å². The van der Waals surface area contributed by atoms with Gasteiger partial charge in [-0.2, -0.15) is 0 Å². The van der Waals surface area contributed by atoms with E-state index in [0.717, 1.165) is 59.0 Å². The van der Waals surface area contributed by atoms with Gasteiger partial charge in [-0.1, -0.05) is 36.4 Å². The molecule has 1 aliphatic heterocycles. The molecule has 1 amide bonds. The van der Waals surface area contributed by atoms with Gasteiger partial charge in [-0.05, 0) is 31.0 Å². The van der Waals surface area contributed by atoms with Crippen molar-refractivity contribution in [2.24, 2.45) is 0 Å². The van der Waals surface area contributed by atoms with Gasteiger partial charge in [-0.25, -0.2) is 4.98 Å². The van der Waals surface area contributed by atoms with Crippen LogP contribution in [0.1, 0.15) is 23.2 Å². The van der Waals surface area contributed by atoms with Crippen LogP contribution in [0.15, 0.2) is 66.2 Å². The fraction of sp³-hybridized carbons (Fsp3) is 0.182. The predicted octanol–water partition coefficient (Wildman–Crippen LogP) is 4.97. The van der Waals surface area contributed by atoms with Gasteiger partial charge in [0.1, 0.15) is 5.01 Å². The molecule has 1 aromatic carbocycles. The average molecular weight is 373 g/mol. The Bertz CT molecular complexity index is 1110. The van der Waals surface area contributed by atoms with Crippen LogP contribution in [0.25, 0.3) is 27.5 Å². The van der Waals surface area contributed by atoms with Gasteiger partial charge in [0.25, 0.3) is 5.91 Å². The van der Waals surface area contributed by atoms with Crippen molar-refractivity contribution in [3.8, 4) is 22.0 Å². The third-order valence-electron chi connectivity index (χ3n) is 5.09. The summed E-state index contributed by atoms with van der Waals surface area (Å²) in [5, 5.41) is 3.06. The van der Waals surface area contributed by atoms with Crippen LogP contribution in [0.3, 0.4) is 0 Å². The lowest BCUT2D eigenvalue weighted by atomic mass is 10.2. The van der Waals surface area contributed by atoms with Gasteiger partial charge >= 0.3 is 0 Å². The first-order valence-corrected chi connectivity index (χ1v) is 10.1. The molecule has 1 saturated heterocycles. The Balaban J connectivity index is 1.60. The van der Waals surface area contributed by atoms with E-state index in [1.54, 1.807) is 11.3 Å². The van der Waals surface area contributed by atoms with Crippen molar-refractivity contribution >= 4 is 22.8 Å². The fourth-order valence-corrected chi connectivity index (χ4v) is 4.54.